The molecule has 0 spiro atoms. The molecule has 0 bridgehead atoms. The molecule has 22 heavy (non-hydrogen) atoms. The molecule has 0 saturated heterocycles. The highest BCUT2D eigenvalue weighted by molar-refractivity contribution is 7.88. The van der Waals surface area contributed by atoms with Crippen molar-refractivity contribution in [2.75, 3.05) is 0 Å². The van der Waals surface area contributed by atoms with E-state index in [1.807, 2.05) is 31.2 Å². The molecule has 0 aliphatic heterocycles. The fourth-order valence-electron chi connectivity index (χ4n) is 2.24. The van der Waals surface area contributed by atoms with Crippen molar-refractivity contribution < 1.29 is 8.42 Å². The van der Waals surface area contributed by atoms with Gasteiger partial charge in [0.1, 0.15) is 0 Å². The molecule has 0 unspecified atom stereocenters. The zero-order valence-electron chi connectivity index (χ0n) is 12.7. The highest BCUT2D eigenvalue weighted by atomic mass is 35.5. The second kappa shape index (κ2) is 7.27. The van der Waals surface area contributed by atoms with E-state index in [9.17, 15) is 8.42 Å². The van der Waals surface area contributed by atoms with E-state index in [-0.39, 0.29) is 11.8 Å². The van der Waals surface area contributed by atoms with E-state index in [1.54, 1.807) is 24.3 Å². The van der Waals surface area contributed by atoms with E-state index in [0.717, 1.165) is 12.0 Å². The molecule has 0 fully saturated rings. The topological polar surface area (TPSA) is 46.2 Å². The Morgan fingerprint density at radius 1 is 1.09 bits per heavy atom. The van der Waals surface area contributed by atoms with E-state index in [1.165, 1.54) is 5.56 Å². The molecule has 1 N–H and O–H groups in total. The van der Waals surface area contributed by atoms with Crippen LogP contribution in [0.15, 0.2) is 48.5 Å². The highest BCUT2D eigenvalue weighted by Gasteiger charge is 2.17. The Morgan fingerprint density at radius 3 is 2.32 bits per heavy atom. The van der Waals surface area contributed by atoms with Crippen LogP contribution in [0.4, 0.5) is 0 Å². The molecule has 2 aromatic carbocycles. The Balaban J connectivity index is 2.09. The smallest absolute Gasteiger partial charge is 0.212 e. The van der Waals surface area contributed by atoms with Crippen molar-refractivity contribution in [3.05, 3.63) is 70.2 Å². The molecule has 3 nitrogen and oxygen atoms in total. The van der Waals surface area contributed by atoms with Gasteiger partial charge in [0.2, 0.25) is 10.0 Å². The third kappa shape index (κ3) is 4.57. The first-order valence-corrected chi connectivity index (χ1v) is 9.26. The van der Waals surface area contributed by atoms with Gasteiger partial charge in [-0.3, -0.25) is 0 Å². The lowest BCUT2D eigenvalue weighted by Gasteiger charge is -2.15. The van der Waals surface area contributed by atoms with Crippen LogP contribution >= 0.6 is 11.6 Å². The molecular formula is C17H20ClNO2S. The minimum absolute atomic E-state index is 0.121. The zero-order chi connectivity index (χ0) is 16.2. The van der Waals surface area contributed by atoms with Crippen molar-refractivity contribution in [3.63, 3.8) is 0 Å². The Morgan fingerprint density at radius 2 is 1.73 bits per heavy atom. The van der Waals surface area contributed by atoms with E-state index in [0.29, 0.717) is 10.6 Å². The molecule has 5 heteroatoms. The van der Waals surface area contributed by atoms with Crippen LogP contribution < -0.4 is 4.72 Å². The summed E-state index contributed by atoms with van der Waals surface area (Å²) in [5.41, 5.74) is 2.78. The summed E-state index contributed by atoms with van der Waals surface area (Å²) in [7, 11) is -3.45. The number of hydrogen-bond acceptors (Lipinski definition) is 2. The maximum absolute atomic E-state index is 12.3. The maximum atomic E-state index is 12.3. The largest absolute Gasteiger partial charge is 0.216 e. The number of hydrogen-bond donors (Lipinski definition) is 1. The van der Waals surface area contributed by atoms with Gasteiger partial charge >= 0.3 is 0 Å². The SMILES string of the molecule is CCc1ccc([C@@H](C)NS(=O)(=O)Cc2ccccc2Cl)cc1. The monoisotopic (exact) mass is 337 g/mol. The highest BCUT2D eigenvalue weighted by Crippen LogP contribution is 2.20. The second-order valence-electron chi connectivity index (χ2n) is 5.29. The molecule has 118 valence electrons. The molecule has 0 radical (unpaired) electrons. The molecule has 0 saturated carbocycles. The van der Waals surface area contributed by atoms with Gasteiger partial charge in [-0.2, -0.15) is 0 Å². The number of halogens is 1. The summed E-state index contributed by atoms with van der Waals surface area (Å²) in [4.78, 5) is 0. The first-order chi connectivity index (χ1) is 10.4. The van der Waals surface area contributed by atoms with E-state index < -0.39 is 10.0 Å². The molecular weight excluding hydrogens is 318 g/mol. The number of aryl methyl sites for hydroxylation is 1. The summed E-state index contributed by atoms with van der Waals surface area (Å²) in [5.74, 6) is -0.121. The van der Waals surface area contributed by atoms with Gasteiger partial charge in [-0.15, -0.1) is 0 Å². The lowest BCUT2D eigenvalue weighted by molar-refractivity contribution is 0.566. The predicted octanol–water partition coefficient (Wildman–Crippen LogP) is 4.08. The van der Waals surface area contributed by atoms with Crippen molar-refractivity contribution in [2.24, 2.45) is 0 Å². The lowest BCUT2D eigenvalue weighted by atomic mass is 10.1. The van der Waals surface area contributed by atoms with Crippen molar-refractivity contribution in [3.8, 4) is 0 Å². The predicted molar refractivity (Wildman–Crippen MR) is 91.4 cm³/mol. The number of benzene rings is 2. The van der Waals surface area contributed by atoms with Crippen LogP contribution in [0.5, 0.6) is 0 Å². The number of rotatable bonds is 6. The average molecular weight is 338 g/mol. The molecule has 2 aromatic rings. The normalized spacial score (nSPS) is 13.0. The maximum Gasteiger partial charge on any atom is 0.216 e. The fraction of sp³-hybridized carbons (Fsp3) is 0.294. The van der Waals surface area contributed by atoms with Gasteiger partial charge in [-0.1, -0.05) is 61.0 Å². The van der Waals surface area contributed by atoms with E-state index in [4.69, 9.17) is 11.6 Å². The zero-order valence-corrected chi connectivity index (χ0v) is 14.3. The average Bonchev–Trinajstić information content (AvgIpc) is 2.49. The lowest BCUT2D eigenvalue weighted by Crippen LogP contribution is -2.28. The quantitative estimate of drug-likeness (QED) is 0.863. The molecule has 0 heterocycles. The van der Waals surface area contributed by atoms with Crippen LogP contribution in [0.1, 0.15) is 36.6 Å². The Labute approximate surface area is 137 Å². The van der Waals surface area contributed by atoms with Crippen LogP contribution in [0.3, 0.4) is 0 Å². The van der Waals surface area contributed by atoms with E-state index in [2.05, 4.69) is 11.6 Å². The summed E-state index contributed by atoms with van der Waals surface area (Å²) in [6.07, 6.45) is 0.965. The van der Waals surface area contributed by atoms with Crippen molar-refractivity contribution >= 4 is 21.6 Å². The standard InChI is InChI=1S/C17H20ClNO2S/c1-3-14-8-10-15(11-9-14)13(2)19-22(20,21)12-16-6-4-5-7-17(16)18/h4-11,13,19H,3,12H2,1-2H3/t13-/m1/s1. The Kier molecular flexibility index (Phi) is 5.62. The van der Waals surface area contributed by atoms with Gasteiger partial charge in [0.05, 0.1) is 5.75 Å². The summed E-state index contributed by atoms with van der Waals surface area (Å²) < 4.78 is 27.3. The van der Waals surface area contributed by atoms with Gasteiger partial charge in [0.15, 0.2) is 0 Å². The summed E-state index contributed by atoms with van der Waals surface area (Å²) in [5, 5.41) is 0.466. The van der Waals surface area contributed by atoms with Gasteiger partial charge in [0.25, 0.3) is 0 Å². The van der Waals surface area contributed by atoms with Gasteiger partial charge in [-0.05, 0) is 36.1 Å². The van der Waals surface area contributed by atoms with Gasteiger partial charge in [0, 0.05) is 11.1 Å². The fourth-order valence-corrected chi connectivity index (χ4v) is 3.94. The van der Waals surface area contributed by atoms with Crippen LogP contribution in [-0.2, 0) is 22.2 Å². The number of nitrogens with one attached hydrogen (secondary N) is 1. The minimum Gasteiger partial charge on any atom is -0.212 e. The van der Waals surface area contributed by atoms with E-state index >= 15 is 0 Å². The van der Waals surface area contributed by atoms with Gasteiger partial charge < -0.3 is 0 Å². The molecule has 0 aliphatic rings. The minimum atomic E-state index is -3.45. The van der Waals surface area contributed by atoms with Crippen LogP contribution in [0.2, 0.25) is 5.02 Å². The Bertz CT molecular complexity index is 727. The summed E-state index contributed by atoms with van der Waals surface area (Å²) in [6, 6.07) is 14.7. The number of sulfonamides is 1. The van der Waals surface area contributed by atoms with Crippen molar-refractivity contribution in [1.82, 2.24) is 4.72 Å². The summed E-state index contributed by atoms with van der Waals surface area (Å²) >= 11 is 6.03. The van der Waals surface area contributed by atoms with Crippen LogP contribution in [0.25, 0.3) is 0 Å². The third-order valence-electron chi connectivity index (χ3n) is 3.55. The molecule has 0 aliphatic carbocycles. The van der Waals surface area contributed by atoms with Crippen LogP contribution in [-0.4, -0.2) is 8.42 Å². The molecule has 1 atom stereocenters. The third-order valence-corrected chi connectivity index (χ3v) is 5.32. The molecule has 0 aromatic heterocycles. The van der Waals surface area contributed by atoms with Crippen LogP contribution in [0, 0.1) is 0 Å². The molecule has 2 rings (SSSR count). The Hall–Kier alpha value is -1.36. The summed E-state index contributed by atoms with van der Waals surface area (Å²) in [6.45, 7) is 3.93. The van der Waals surface area contributed by atoms with Gasteiger partial charge in [-0.25, -0.2) is 13.1 Å². The second-order valence-corrected chi connectivity index (χ2v) is 7.45. The first kappa shape index (κ1) is 17.0. The van der Waals surface area contributed by atoms with Crippen molar-refractivity contribution in [1.29, 1.82) is 0 Å². The van der Waals surface area contributed by atoms with Crippen molar-refractivity contribution in [2.45, 2.75) is 32.1 Å². The first-order valence-electron chi connectivity index (χ1n) is 7.23. The molecule has 0 amide bonds.